The molecule has 2 rings (SSSR count). The first kappa shape index (κ1) is 13.9. The van der Waals surface area contributed by atoms with Crippen LogP contribution in [0.25, 0.3) is 0 Å². The number of nitrogens with zero attached hydrogens (tertiary/aromatic N) is 1. The number of benzene rings is 1. The summed E-state index contributed by atoms with van der Waals surface area (Å²) in [6.07, 6.45) is 2.61. The maximum absolute atomic E-state index is 10.9. The zero-order valence-corrected chi connectivity index (χ0v) is 11.6. The number of hydrogen-bond donors (Lipinski definition) is 1. The summed E-state index contributed by atoms with van der Waals surface area (Å²) >= 11 is 0. The predicted octanol–water partition coefficient (Wildman–Crippen LogP) is 3.07. The van der Waals surface area contributed by atoms with Gasteiger partial charge in [0.2, 0.25) is 0 Å². The van der Waals surface area contributed by atoms with Crippen molar-refractivity contribution in [2.24, 2.45) is 5.41 Å². The molecule has 0 fully saturated rings. The highest BCUT2D eigenvalue weighted by Gasteiger charge is 2.52. The van der Waals surface area contributed by atoms with E-state index in [4.69, 9.17) is 4.74 Å². The number of rotatable bonds is 4. The van der Waals surface area contributed by atoms with E-state index in [1.54, 1.807) is 0 Å². The van der Waals surface area contributed by atoms with E-state index in [1.807, 2.05) is 38.1 Å². The Morgan fingerprint density at radius 2 is 2.16 bits per heavy atom. The van der Waals surface area contributed by atoms with Crippen LogP contribution in [-0.4, -0.2) is 17.3 Å². The van der Waals surface area contributed by atoms with Crippen LogP contribution in [0.4, 0.5) is 0 Å². The highest BCUT2D eigenvalue weighted by Crippen LogP contribution is 2.45. The fourth-order valence-corrected chi connectivity index (χ4v) is 3.01. The molecule has 0 radical (unpaired) electrons. The molecule has 0 saturated carbocycles. The van der Waals surface area contributed by atoms with Gasteiger partial charge in [-0.05, 0) is 24.5 Å². The number of para-hydroxylation sites is 1. The lowest BCUT2D eigenvalue weighted by Crippen LogP contribution is -2.53. The Balaban J connectivity index is 2.39. The highest BCUT2D eigenvalue weighted by atomic mass is 16.5. The molecule has 102 valence electrons. The Bertz CT molecular complexity index is 494. The van der Waals surface area contributed by atoms with Gasteiger partial charge in [0.15, 0.2) is 0 Å². The molecular formula is C16H21NO2. The van der Waals surface area contributed by atoms with Gasteiger partial charge in [-0.2, -0.15) is 5.26 Å². The van der Waals surface area contributed by atoms with Gasteiger partial charge in [0.25, 0.3) is 0 Å². The van der Waals surface area contributed by atoms with Crippen LogP contribution in [0.5, 0.6) is 5.75 Å². The van der Waals surface area contributed by atoms with Crippen LogP contribution < -0.4 is 4.74 Å². The van der Waals surface area contributed by atoms with E-state index in [0.717, 1.165) is 17.7 Å². The van der Waals surface area contributed by atoms with Crippen molar-refractivity contribution in [2.75, 3.05) is 6.61 Å². The van der Waals surface area contributed by atoms with Gasteiger partial charge in [0, 0.05) is 6.42 Å². The summed E-state index contributed by atoms with van der Waals surface area (Å²) in [4.78, 5) is 0. The smallest absolute Gasteiger partial charge is 0.124 e. The van der Waals surface area contributed by atoms with Gasteiger partial charge >= 0.3 is 0 Å². The monoisotopic (exact) mass is 259 g/mol. The van der Waals surface area contributed by atoms with E-state index in [2.05, 4.69) is 6.07 Å². The van der Waals surface area contributed by atoms with Crippen molar-refractivity contribution >= 4 is 0 Å². The zero-order chi connectivity index (χ0) is 13.9. The van der Waals surface area contributed by atoms with Crippen LogP contribution in [0.15, 0.2) is 24.3 Å². The molecule has 0 amide bonds. The third kappa shape index (κ3) is 2.21. The van der Waals surface area contributed by atoms with Crippen molar-refractivity contribution in [3.8, 4) is 11.8 Å². The predicted molar refractivity (Wildman–Crippen MR) is 73.8 cm³/mol. The second-order valence-corrected chi connectivity index (χ2v) is 5.40. The number of nitriles is 1. The molecule has 19 heavy (non-hydrogen) atoms. The molecule has 1 aliphatic heterocycles. The van der Waals surface area contributed by atoms with E-state index in [0.29, 0.717) is 19.3 Å². The summed E-state index contributed by atoms with van der Waals surface area (Å²) < 4.78 is 5.74. The first-order chi connectivity index (χ1) is 9.11. The molecular weight excluding hydrogens is 238 g/mol. The standard InChI is InChI=1S/C16H21NO2/c1-3-9-16(18,4-2)15(11-17)10-13-7-5-6-8-14(13)19-12-15/h5-8,18H,3-4,9-10,12H2,1-2H3. The summed E-state index contributed by atoms with van der Waals surface area (Å²) in [7, 11) is 0. The second-order valence-electron chi connectivity index (χ2n) is 5.40. The maximum atomic E-state index is 10.9. The van der Waals surface area contributed by atoms with Crippen molar-refractivity contribution in [3.63, 3.8) is 0 Å². The maximum Gasteiger partial charge on any atom is 0.124 e. The van der Waals surface area contributed by atoms with Gasteiger partial charge in [-0.25, -0.2) is 0 Å². The van der Waals surface area contributed by atoms with E-state index in [9.17, 15) is 10.4 Å². The number of hydrogen-bond acceptors (Lipinski definition) is 3. The van der Waals surface area contributed by atoms with Crippen LogP contribution in [0.3, 0.4) is 0 Å². The molecule has 1 N–H and O–H groups in total. The zero-order valence-electron chi connectivity index (χ0n) is 11.6. The first-order valence-corrected chi connectivity index (χ1v) is 6.95. The number of aliphatic hydroxyl groups is 1. The molecule has 3 nitrogen and oxygen atoms in total. The van der Waals surface area contributed by atoms with Gasteiger partial charge in [-0.15, -0.1) is 0 Å². The Kier molecular flexibility index (Phi) is 3.82. The van der Waals surface area contributed by atoms with E-state index < -0.39 is 11.0 Å². The van der Waals surface area contributed by atoms with Crippen molar-refractivity contribution in [2.45, 2.75) is 45.1 Å². The minimum Gasteiger partial charge on any atom is -0.492 e. The van der Waals surface area contributed by atoms with Crippen LogP contribution in [0.2, 0.25) is 0 Å². The summed E-state index contributed by atoms with van der Waals surface area (Å²) in [6.45, 7) is 4.24. The molecule has 0 bridgehead atoms. The van der Waals surface area contributed by atoms with Crippen LogP contribution in [-0.2, 0) is 6.42 Å². The van der Waals surface area contributed by atoms with Gasteiger partial charge in [0.05, 0.1) is 11.7 Å². The average Bonchev–Trinajstić information content (AvgIpc) is 2.46. The molecule has 0 saturated heterocycles. The van der Waals surface area contributed by atoms with Gasteiger partial charge in [-0.1, -0.05) is 38.5 Å². The lowest BCUT2D eigenvalue weighted by molar-refractivity contribution is -0.0891. The lowest BCUT2D eigenvalue weighted by Gasteiger charge is -2.44. The molecule has 2 atom stereocenters. The van der Waals surface area contributed by atoms with Crippen LogP contribution in [0.1, 0.15) is 38.7 Å². The topological polar surface area (TPSA) is 53.2 Å². The molecule has 1 aromatic carbocycles. The Hall–Kier alpha value is -1.53. The molecule has 3 heteroatoms. The SMILES string of the molecule is CCCC(O)(CC)C1(C#N)COc2ccccc2C1. The summed E-state index contributed by atoms with van der Waals surface area (Å²) in [5.41, 5.74) is -0.811. The Morgan fingerprint density at radius 1 is 1.42 bits per heavy atom. The Labute approximate surface area is 114 Å². The van der Waals surface area contributed by atoms with E-state index in [1.165, 1.54) is 0 Å². The summed E-state index contributed by atoms with van der Waals surface area (Å²) in [5, 5.41) is 20.6. The third-order valence-electron chi connectivity index (χ3n) is 4.29. The second kappa shape index (κ2) is 5.22. The Morgan fingerprint density at radius 3 is 2.79 bits per heavy atom. The molecule has 1 heterocycles. The molecule has 0 spiro atoms. The fourth-order valence-electron chi connectivity index (χ4n) is 3.01. The third-order valence-corrected chi connectivity index (χ3v) is 4.29. The molecule has 0 aromatic heterocycles. The fraction of sp³-hybridized carbons (Fsp3) is 0.562. The average molecular weight is 259 g/mol. The molecule has 1 aromatic rings. The lowest BCUT2D eigenvalue weighted by atomic mass is 9.65. The normalized spacial score (nSPS) is 24.7. The number of ether oxygens (including phenoxy) is 1. The highest BCUT2D eigenvalue weighted by molar-refractivity contribution is 5.38. The van der Waals surface area contributed by atoms with Crippen molar-refractivity contribution in [3.05, 3.63) is 29.8 Å². The van der Waals surface area contributed by atoms with Crippen LogP contribution >= 0.6 is 0 Å². The quantitative estimate of drug-likeness (QED) is 0.904. The van der Waals surface area contributed by atoms with E-state index >= 15 is 0 Å². The summed E-state index contributed by atoms with van der Waals surface area (Å²) in [5.74, 6) is 0.836. The van der Waals surface area contributed by atoms with Crippen LogP contribution in [0, 0.1) is 16.7 Å². The van der Waals surface area contributed by atoms with E-state index in [-0.39, 0.29) is 6.61 Å². The van der Waals surface area contributed by atoms with Crippen molar-refractivity contribution in [1.29, 1.82) is 5.26 Å². The van der Waals surface area contributed by atoms with Gasteiger partial charge < -0.3 is 9.84 Å². The molecule has 1 aliphatic rings. The molecule has 2 unspecified atom stereocenters. The molecule has 0 aliphatic carbocycles. The van der Waals surface area contributed by atoms with Crippen molar-refractivity contribution < 1.29 is 9.84 Å². The largest absolute Gasteiger partial charge is 0.492 e. The minimum absolute atomic E-state index is 0.269. The minimum atomic E-state index is -0.982. The van der Waals surface area contributed by atoms with Gasteiger partial charge in [-0.3, -0.25) is 0 Å². The first-order valence-electron chi connectivity index (χ1n) is 6.95. The summed E-state index contributed by atoms with van der Waals surface area (Å²) in [6, 6.07) is 10.1. The number of fused-ring (bicyclic) bond motifs is 1. The van der Waals surface area contributed by atoms with Gasteiger partial charge in [0.1, 0.15) is 17.8 Å². The van der Waals surface area contributed by atoms with Crippen molar-refractivity contribution in [1.82, 2.24) is 0 Å².